The van der Waals surface area contributed by atoms with Crippen molar-refractivity contribution >= 4 is 5.91 Å². The molecule has 0 aromatic heterocycles. The van der Waals surface area contributed by atoms with E-state index in [1.54, 1.807) is 0 Å². The molecule has 1 aliphatic rings. The second-order valence-corrected chi connectivity index (χ2v) is 4.59. The van der Waals surface area contributed by atoms with Crippen LogP contribution in [0.4, 0.5) is 0 Å². The zero-order valence-corrected chi connectivity index (χ0v) is 9.38. The molecule has 3 heteroatoms. The summed E-state index contributed by atoms with van der Waals surface area (Å²) in [5.74, 6) is 1.01. The Morgan fingerprint density at radius 2 is 1.86 bits per heavy atom. The highest BCUT2D eigenvalue weighted by atomic mass is 16.7. The van der Waals surface area contributed by atoms with Crippen molar-refractivity contribution in [2.24, 2.45) is 11.8 Å². The zero-order chi connectivity index (χ0) is 10.6. The molecule has 82 valence electrons. The minimum absolute atomic E-state index is 0.0569. The lowest BCUT2D eigenvalue weighted by molar-refractivity contribution is -0.142. The van der Waals surface area contributed by atoms with Gasteiger partial charge in [-0.05, 0) is 45.4 Å². The first-order valence-corrected chi connectivity index (χ1v) is 5.55. The Balaban J connectivity index is 2.24. The standard InChI is InChI=1S/C11H21NO2/c1-8(2)14-12-11(13)10-6-4-9(3)5-7-10/h8-10H,4-7H2,1-3H3,(H,12,13). The van der Waals surface area contributed by atoms with Crippen LogP contribution >= 0.6 is 0 Å². The minimum atomic E-state index is 0.0569. The van der Waals surface area contributed by atoms with E-state index >= 15 is 0 Å². The molecule has 0 aromatic rings. The zero-order valence-electron chi connectivity index (χ0n) is 9.38. The van der Waals surface area contributed by atoms with Crippen molar-refractivity contribution in [2.45, 2.75) is 52.6 Å². The minimum Gasteiger partial charge on any atom is -0.273 e. The van der Waals surface area contributed by atoms with E-state index in [1.807, 2.05) is 13.8 Å². The Bertz CT molecular complexity index is 184. The summed E-state index contributed by atoms with van der Waals surface area (Å²) >= 11 is 0. The predicted octanol–water partition coefficient (Wildman–Crippen LogP) is 2.27. The van der Waals surface area contributed by atoms with Crippen LogP contribution in [0.1, 0.15) is 46.5 Å². The average Bonchev–Trinajstić information content (AvgIpc) is 2.15. The van der Waals surface area contributed by atoms with E-state index in [2.05, 4.69) is 12.4 Å². The van der Waals surface area contributed by atoms with Crippen LogP contribution in [0.2, 0.25) is 0 Å². The van der Waals surface area contributed by atoms with Gasteiger partial charge in [0.2, 0.25) is 5.91 Å². The highest BCUT2D eigenvalue weighted by Crippen LogP contribution is 2.28. The third kappa shape index (κ3) is 3.66. The van der Waals surface area contributed by atoms with Crippen molar-refractivity contribution < 1.29 is 9.63 Å². The topological polar surface area (TPSA) is 38.3 Å². The normalized spacial score (nSPS) is 27.7. The maximum absolute atomic E-state index is 11.6. The number of hydroxylamine groups is 1. The maximum Gasteiger partial charge on any atom is 0.246 e. The molecular weight excluding hydrogens is 178 g/mol. The van der Waals surface area contributed by atoms with Crippen molar-refractivity contribution in [1.29, 1.82) is 0 Å². The maximum atomic E-state index is 11.6. The number of hydrogen-bond donors (Lipinski definition) is 1. The van der Waals surface area contributed by atoms with Crippen LogP contribution < -0.4 is 5.48 Å². The molecule has 1 rings (SSSR count). The smallest absolute Gasteiger partial charge is 0.246 e. The summed E-state index contributed by atoms with van der Waals surface area (Å²) in [5.41, 5.74) is 2.53. The van der Waals surface area contributed by atoms with E-state index in [4.69, 9.17) is 4.84 Å². The lowest BCUT2D eigenvalue weighted by Crippen LogP contribution is -2.34. The second-order valence-electron chi connectivity index (χ2n) is 4.59. The fourth-order valence-corrected chi connectivity index (χ4v) is 1.78. The molecule has 0 saturated heterocycles. The second kappa shape index (κ2) is 5.35. The summed E-state index contributed by atoms with van der Waals surface area (Å²) in [6.45, 7) is 6.06. The molecule has 0 unspecified atom stereocenters. The van der Waals surface area contributed by atoms with Gasteiger partial charge in [-0.1, -0.05) is 6.92 Å². The van der Waals surface area contributed by atoms with Gasteiger partial charge in [-0.2, -0.15) is 0 Å². The number of amides is 1. The molecule has 1 N–H and O–H groups in total. The van der Waals surface area contributed by atoms with Crippen LogP contribution in [0.25, 0.3) is 0 Å². The van der Waals surface area contributed by atoms with E-state index < -0.39 is 0 Å². The average molecular weight is 199 g/mol. The van der Waals surface area contributed by atoms with Gasteiger partial charge in [0.15, 0.2) is 0 Å². The van der Waals surface area contributed by atoms with Gasteiger partial charge in [-0.3, -0.25) is 9.63 Å². The quantitative estimate of drug-likeness (QED) is 0.708. The number of nitrogens with one attached hydrogen (secondary N) is 1. The molecular formula is C11H21NO2. The summed E-state index contributed by atoms with van der Waals surface area (Å²) in [5, 5.41) is 0. The first-order chi connectivity index (χ1) is 6.59. The van der Waals surface area contributed by atoms with Gasteiger partial charge in [-0.15, -0.1) is 0 Å². The first-order valence-electron chi connectivity index (χ1n) is 5.55. The monoisotopic (exact) mass is 199 g/mol. The molecule has 0 heterocycles. The Hall–Kier alpha value is -0.570. The third-order valence-electron chi connectivity index (χ3n) is 2.78. The van der Waals surface area contributed by atoms with Crippen LogP contribution in [-0.2, 0) is 9.63 Å². The van der Waals surface area contributed by atoms with Crippen molar-refractivity contribution in [2.75, 3.05) is 0 Å². The number of hydrogen-bond acceptors (Lipinski definition) is 2. The lowest BCUT2D eigenvalue weighted by atomic mass is 9.83. The van der Waals surface area contributed by atoms with Crippen LogP contribution in [0.3, 0.4) is 0 Å². The number of rotatable bonds is 3. The van der Waals surface area contributed by atoms with Crippen molar-refractivity contribution in [3.63, 3.8) is 0 Å². The van der Waals surface area contributed by atoms with Crippen LogP contribution in [0.15, 0.2) is 0 Å². The van der Waals surface area contributed by atoms with Gasteiger partial charge in [-0.25, -0.2) is 5.48 Å². The summed E-state index contributed by atoms with van der Waals surface area (Å²) in [4.78, 5) is 16.7. The van der Waals surface area contributed by atoms with E-state index in [-0.39, 0.29) is 17.9 Å². The molecule has 1 fully saturated rings. The molecule has 1 saturated carbocycles. The molecule has 0 bridgehead atoms. The molecule has 0 spiro atoms. The summed E-state index contributed by atoms with van der Waals surface area (Å²) < 4.78 is 0. The first kappa shape index (κ1) is 11.5. The van der Waals surface area contributed by atoms with Crippen LogP contribution in [0, 0.1) is 11.8 Å². The Labute approximate surface area is 86.2 Å². The van der Waals surface area contributed by atoms with Gasteiger partial charge >= 0.3 is 0 Å². The Morgan fingerprint density at radius 3 is 2.36 bits per heavy atom. The molecule has 1 amide bonds. The van der Waals surface area contributed by atoms with E-state index in [9.17, 15) is 4.79 Å². The SMILES string of the molecule is CC1CCC(C(=O)NOC(C)C)CC1. The molecule has 1 aliphatic carbocycles. The molecule has 0 aliphatic heterocycles. The van der Waals surface area contributed by atoms with Crippen molar-refractivity contribution in [3.8, 4) is 0 Å². The van der Waals surface area contributed by atoms with Gasteiger partial charge in [0.05, 0.1) is 6.10 Å². The Morgan fingerprint density at radius 1 is 1.29 bits per heavy atom. The van der Waals surface area contributed by atoms with Gasteiger partial charge < -0.3 is 0 Å². The van der Waals surface area contributed by atoms with E-state index in [0.717, 1.165) is 18.8 Å². The highest BCUT2D eigenvalue weighted by Gasteiger charge is 2.24. The van der Waals surface area contributed by atoms with E-state index in [0.29, 0.717) is 0 Å². The summed E-state index contributed by atoms with van der Waals surface area (Å²) in [7, 11) is 0. The fraction of sp³-hybridized carbons (Fsp3) is 0.909. The number of carbonyl (C=O) groups is 1. The molecule has 3 nitrogen and oxygen atoms in total. The number of carbonyl (C=O) groups excluding carboxylic acids is 1. The van der Waals surface area contributed by atoms with Gasteiger partial charge in [0.1, 0.15) is 0 Å². The fourth-order valence-electron chi connectivity index (χ4n) is 1.78. The molecule has 0 atom stereocenters. The molecule has 0 aromatic carbocycles. The third-order valence-corrected chi connectivity index (χ3v) is 2.78. The molecule has 14 heavy (non-hydrogen) atoms. The van der Waals surface area contributed by atoms with Gasteiger partial charge in [0, 0.05) is 5.92 Å². The summed E-state index contributed by atoms with van der Waals surface area (Å²) in [6.07, 6.45) is 4.41. The highest BCUT2D eigenvalue weighted by molar-refractivity contribution is 5.77. The molecule has 0 radical (unpaired) electrons. The van der Waals surface area contributed by atoms with Crippen LogP contribution in [-0.4, -0.2) is 12.0 Å². The largest absolute Gasteiger partial charge is 0.273 e. The van der Waals surface area contributed by atoms with Crippen molar-refractivity contribution in [3.05, 3.63) is 0 Å². The summed E-state index contributed by atoms with van der Waals surface area (Å²) in [6, 6.07) is 0. The predicted molar refractivity (Wildman–Crippen MR) is 55.5 cm³/mol. The Kier molecular flexibility index (Phi) is 4.39. The van der Waals surface area contributed by atoms with Crippen LogP contribution in [0.5, 0.6) is 0 Å². The van der Waals surface area contributed by atoms with E-state index in [1.165, 1.54) is 12.8 Å². The van der Waals surface area contributed by atoms with Gasteiger partial charge in [0.25, 0.3) is 0 Å². The van der Waals surface area contributed by atoms with Crippen molar-refractivity contribution in [1.82, 2.24) is 5.48 Å². The lowest BCUT2D eigenvalue weighted by Gasteiger charge is -2.25.